The first-order chi connectivity index (χ1) is 7.56. The second kappa shape index (κ2) is 5.52. The minimum Gasteiger partial charge on any atom is -0.481 e. The summed E-state index contributed by atoms with van der Waals surface area (Å²) in [6.07, 6.45) is 7.31. The van der Waals surface area contributed by atoms with Crippen molar-refractivity contribution in [3.8, 4) is 12.3 Å². The van der Waals surface area contributed by atoms with E-state index in [9.17, 15) is 9.59 Å². The van der Waals surface area contributed by atoms with E-state index in [-0.39, 0.29) is 18.4 Å². The number of hydrogen-bond donors (Lipinski definition) is 3. The number of carboxylic acid groups (broad SMARTS) is 1. The van der Waals surface area contributed by atoms with Crippen molar-refractivity contribution in [2.75, 3.05) is 0 Å². The average Bonchev–Trinajstić information content (AvgIpc) is 2.66. The maximum Gasteiger partial charge on any atom is 0.308 e. The van der Waals surface area contributed by atoms with Crippen LogP contribution in [0.2, 0.25) is 0 Å². The highest BCUT2D eigenvalue weighted by Gasteiger charge is 2.34. The number of carbonyl (C=O) groups excluding carboxylic acids is 1. The Kier molecular flexibility index (Phi) is 4.32. The van der Waals surface area contributed by atoms with E-state index < -0.39 is 17.9 Å². The highest BCUT2D eigenvalue weighted by Crippen LogP contribution is 2.25. The van der Waals surface area contributed by atoms with Crippen LogP contribution >= 0.6 is 0 Å². The number of carbonyl (C=O) groups is 2. The zero-order chi connectivity index (χ0) is 12.1. The van der Waals surface area contributed by atoms with Gasteiger partial charge in [-0.1, -0.05) is 6.42 Å². The van der Waals surface area contributed by atoms with Gasteiger partial charge in [-0.25, -0.2) is 0 Å². The number of hydrogen-bond acceptors (Lipinski definition) is 3. The monoisotopic (exact) mass is 224 g/mol. The van der Waals surface area contributed by atoms with Gasteiger partial charge >= 0.3 is 5.97 Å². The van der Waals surface area contributed by atoms with Gasteiger partial charge < -0.3 is 16.2 Å². The molecule has 0 heterocycles. The lowest BCUT2D eigenvalue weighted by Crippen LogP contribution is -2.47. The lowest BCUT2D eigenvalue weighted by molar-refractivity contribution is -0.142. The van der Waals surface area contributed by atoms with Gasteiger partial charge in [-0.2, -0.15) is 0 Å². The van der Waals surface area contributed by atoms with Crippen molar-refractivity contribution in [2.45, 2.75) is 37.8 Å². The standard InChI is InChI=1S/C11H16N2O3/c1-2-4-8(12)10(14)13-9-6-3-5-7(9)11(15)16/h1,7-9H,3-6,12H2,(H,13,14)(H,15,16). The van der Waals surface area contributed by atoms with Gasteiger partial charge in [0.15, 0.2) is 0 Å². The van der Waals surface area contributed by atoms with Crippen molar-refractivity contribution >= 4 is 11.9 Å². The predicted molar refractivity (Wildman–Crippen MR) is 58.3 cm³/mol. The number of amides is 1. The minimum atomic E-state index is -0.867. The van der Waals surface area contributed by atoms with Gasteiger partial charge in [-0.15, -0.1) is 12.3 Å². The van der Waals surface area contributed by atoms with Crippen molar-refractivity contribution in [1.82, 2.24) is 5.32 Å². The highest BCUT2D eigenvalue weighted by atomic mass is 16.4. The van der Waals surface area contributed by atoms with Crippen LogP contribution in [0.1, 0.15) is 25.7 Å². The van der Waals surface area contributed by atoms with Gasteiger partial charge in [0.05, 0.1) is 12.0 Å². The second-order valence-corrected chi connectivity index (χ2v) is 4.01. The van der Waals surface area contributed by atoms with Crippen molar-refractivity contribution in [1.29, 1.82) is 0 Å². The fraction of sp³-hybridized carbons (Fsp3) is 0.636. The molecular formula is C11H16N2O3. The van der Waals surface area contributed by atoms with E-state index >= 15 is 0 Å². The smallest absolute Gasteiger partial charge is 0.308 e. The Morgan fingerprint density at radius 2 is 2.25 bits per heavy atom. The molecule has 5 heteroatoms. The Morgan fingerprint density at radius 1 is 1.56 bits per heavy atom. The molecule has 1 amide bonds. The number of aliphatic carboxylic acids is 1. The maximum atomic E-state index is 11.5. The number of nitrogens with two attached hydrogens (primary N) is 1. The fourth-order valence-corrected chi connectivity index (χ4v) is 1.94. The molecule has 0 bridgehead atoms. The zero-order valence-corrected chi connectivity index (χ0v) is 8.98. The summed E-state index contributed by atoms with van der Waals surface area (Å²) in [7, 11) is 0. The first-order valence-corrected chi connectivity index (χ1v) is 5.28. The van der Waals surface area contributed by atoms with Crippen LogP contribution in [-0.2, 0) is 9.59 Å². The minimum absolute atomic E-state index is 0.163. The van der Waals surface area contributed by atoms with Crippen LogP contribution in [0.5, 0.6) is 0 Å². The first kappa shape index (κ1) is 12.5. The van der Waals surface area contributed by atoms with Gasteiger partial charge in [0.2, 0.25) is 5.91 Å². The molecule has 88 valence electrons. The number of carboxylic acids is 1. The van der Waals surface area contributed by atoms with Crippen LogP contribution in [0.25, 0.3) is 0 Å². The Balaban J connectivity index is 2.50. The fourth-order valence-electron chi connectivity index (χ4n) is 1.94. The predicted octanol–water partition coefficient (Wildman–Crippen LogP) is -0.293. The molecule has 0 spiro atoms. The molecule has 0 aromatic rings. The summed E-state index contributed by atoms with van der Waals surface area (Å²) in [4.78, 5) is 22.4. The summed E-state index contributed by atoms with van der Waals surface area (Å²) in [6.45, 7) is 0. The molecule has 0 saturated heterocycles. The van der Waals surface area contributed by atoms with Crippen LogP contribution in [-0.4, -0.2) is 29.1 Å². The molecule has 3 unspecified atom stereocenters. The highest BCUT2D eigenvalue weighted by molar-refractivity contribution is 5.83. The summed E-state index contributed by atoms with van der Waals surface area (Å²) in [5.74, 6) is 0.575. The molecule has 1 aliphatic rings. The molecule has 0 aromatic carbocycles. The third-order valence-electron chi connectivity index (χ3n) is 2.84. The molecule has 0 radical (unpaired) electrons. The van der Waals surface area contributed by atoms with Gasteiger partial charge in [-0.05, 0) is 12.8 Å². The van der Waals surface area contributed by atoms with Crippen LogP contribution in [0.4, 0.5) is 0 Å². The summed E-state index contributed by atoms with van der Waals surface area (Å²) < 4.78 is 0. The lowest BCUT2D eigenvalue weighted by atomic mass is 10.0. The van der Waals surface area contributed by atoms with Crippen molar-refractivity contribution in [3.63, 3.8) is 0 Å². The molecular weight excluding hydrogens is 208 g/mol. The van der Waals surface area contributed by atoms with Crippen LogP contribution in [0.3, 0.4) is 0 Å². The van der Waals surface area contributed by atoms with Gasteiger partial charge in [0, 0.05) is 12.5 Å². The molecule has 4 N–H and O–H groups in total. The van der Waals surface area contributed by atoms with Crippen molar-refractivity contribution in [3.05, 3.63) is 0 Å². The Labute approximate surface area is 94.4 Å². The molecule has 0 aliphatic heterocycles. The Morgan fingerprint density at radius 3 is 2.81 bits per heavy atom. The van der Waals surface area contributed by atoms with Gasteiger partial charge in [-0.3, -0.25) is 9.59 Å². The van der Waals surface area contributed by atoms with E-state index in [4.69, 9.17) is 17.3 Å². The van der Waals surface area contributed by atoms with E-state index in [0.29, 0.717) is 12.8 Å². The van der Waals surface area contributed by atoms with E-state index in [0.717, 1.165) is 6.42 Å². The first-order valence-electron chi connectivity index (χ1n) is 5.28. The van der Waals surface area contributed by atoms with E-state index in [1.54, 1.807) is 0 Å². The van der Waals surface area contributed by atoms with Gasteiger partial charge in [0.25, 0.3) is 0 Å². The average molecular weight is 224 g/mol. The number of rotatable bonds is 4. The van der Waals surface area contributed by atoms with Crippen LogP contribution < -0.4 is 11.1 Å². The number of nitrogens with one attached hydrogen (secondary N) is 1. The molecule has 1 fully saturated rings. The second-order valence-electron chi connectivity index (χ2n) is 4.01. The SMILES string of the molecule is C#CCC(N)C(=O)NC1CCCC1C(=O)O. The molecule has 3 atom stereocenters. The Bertz CT molecular complexity index is 322. The molecule has 5 nitrogen and oxygen atoms in total. The van der Waals surface area contributed by atoms with E-state index in [1.165, 1.54) is 0 Å². The molecule has 1 rings (SSSR count). The molecule has 0 aromatic heterocycles. The van der Waals surface area contributed by atoms with Gasteiger partial charge in [0.1, 0.15) is 0 Å². The largest absolute Gasteiger partial charge is 0.481 e. The quantitative estimate of drug-likeness (QED) is 0.572. The van der Waals surface area contributed by atoms with E-state index in [1.807, 2.05) is 0 Å². The summed E-state index contributed by atoms with van der Waals surface area (Å²) in [6, 6.07) is -1.06. The van der Waals surface area contributed by atoms with Crippen molar-refractivity contribution in [2.24, 2.45) is 11.7 Å². The molecule has 1 aliphatic carbocycles. The zero-order valence-electron chi connectivity index (χ0n) is 8.98. The summed E-state index contributed by atoms with van der Waals surface area (Å²) >= 11 is 0. The third kappa shape index (κ3) is 2.97. The molecule has 1 saturated carbocycles. The summed E-state index contributed by atoms with van der Waals surface area (Å²) in [5.41, 5.74) is 5.53. The normalized spacial score (nSPS) is 25.8. The lowest BCUT2D eigenvalue weighted by Gasteiger charge is -2.19. The van der Waals surface area contributed by atoms with Crippen LogP contribution in [0, 0.1) is 18.3 Å². The van der Waals surface area contributed by atoms with E-state index in [2.05, 4.69) is 11.2 Å². The van der Waals surface area contributed by atoms with Crippen molar-refractivity contribution < 1.29 is 14.7 Å². The van der Waals surface area contributed by atoms with Crippen LogP contribution in [0.15, 0.2) is 0 Å². The maximum absolute atomic E-state index is 11.5. The Hall–Kier alpha value is -1.54. The third-order valence-corrected chi connectivity index (χ3v) is 2.84. The molecule has 16 heavy (non-hydrogen) atoms. The number of terminal acetylenes is 1. The topological polar surface area (TPSA) is 92.4 Å². The summed E-state index contributed by atoms with van der Waals surface area (Å²) in [5, 5.41) is 11.6.